The zero-order chi connectivity index (χ0) is 13.0. The van der Waals surface area contributed by atoms with Crippen molar-refractivity contribution in [1.29, 1.82) is 0 Å². The van der Waals surface area contributed by atoms with E-state index in [-0.39, 0.29) is 0 Å². The maximum atomic E-state index is 10.2. The Kier molecular flexibility index (Phi) is 4.38. The fourth-order valence-corrected chi connectivity index (χ4v) is 2.85. The molecule has 0 bridgehead atoms. The molecule has 2 rings (SSSR count). The molecule has 1 aromatic rings. The van der Waals surface area contributed by atoms with Crippen molar-refractivity contribution in [2.75, 3.05) is 6.54 Å². The Morgan fingerprint density at radius 2 is 1.83 bits per heavy atom. The number of hydrogen-bond donors (Lipinski definition) is 3. The third-order valence-corrected chi connectivity index (χ3v) is 4.06. The van der Waals surface area contributed by atoms with E-state index in [4.69, 9.17) is 5.84 Å². The highest BCUT2D eigenvalue weighted by Crippen LogP contribution is 2.33. The largest absolute Gasteiger partial charge is 0.384 e. The molecule has 100 valence electrons. The first-order chi connectivity index (χ1) is 8.63. The van der Waals surface area contributed by atoms with Crippen molar-refractivity contribution >= 4 is 0 Å². The Bertz CT molecular complexity index is 367. The topological polar surface area (TPSA) is 58.3 Å². The van der Waals surface area contributed by atoms with Gasteiger partial charge in [0.05, 0.1) is 0 Å². The minimum atomic E-state index is -0.903. The van der Waals surface area contributed by atoms with Gasteiger partial charge in [-0.3, -0.25) is 11.3 Å². The molecule has 1 saturated carbocycles. The minimum absolute atomic E-state index is 0.357. The van der Waals surface area contributed by atoms with Crippen LogP contribution in [0.15, 0.2) is 24.3 Å². The zero-order valence-electron chi connectivity index (χ0n) is 11.2. The van der Waals surface area contributed by atoms with E-state index in [0.29, 0.717) is 12.5 Å². The van der Waals surface area contributed by atoms with E-state index in [2.05, 4.69) is 17.6 Å². The summed E-state index contributed by atoms with van der Waals surface area (Å²) in [4.78, 5) is 0. The van der Waals surface area contributed by atoms with E-state index in [0.717, 1.165) is 5.56 Å². The van der Waals surface area contributed by atoms with Crippen molar-refractivity contribution in [3.8, 4) is 0 Å². The highest BCUT2D eigenvalue weighted by Gasteiger charge is 2.23. The van der Waals surface area contributed by atoms with Crippen LogP contribution < -0.4 is 11.3 Å². The van der Waals surface area contributed by atoms with Gasteiger partial charge in [0.2, 0.25) is 0 Å². The number of nitrogens with two attached hydrogens (primary N) is 1. The van der Waals surface area contributed by atoms with Crippen LogP contribution in [-0.2, 0) is 5.60 Å². The van der Waals surface area contributed by atoms with Crippen LogP contribution in [0.1, 0.15) is 56.1 Å². The molecule has 1 unspecified atom stereocenters. The zero-order valence-corrected chi connectivity index (χ0v) is 11.2. The molecule has 1 fully saturated rings. The Balaban J connectivity index is 2.09. The average Bonchev–Trinajstić information content (AvgIpc) is 2.40. The van der Waals surface area contributed by atoms with Gasteiger partial charge in [0.1, 0.15) is 5.60 Å². The van der Waals surface area contributed by atoms with Crippen LogP contribution in [0, 0.1) is 0 Å². The SMILES string of the molecule is CC(O)(CNN)c1ccc(C2CCCCC2)cc1. The predicted octanol–water partition coefficient (Wildman–Crippen LogP) is 2.41. The molecule has 0 heterocycles. The molecule has 4 N–H and O–H groups in total. The van der Waals surface area contributed by atoms with Crippen molar-refractivity contribution in [1.82, 2.24) is 5.43 Å². The first-order valence-electron chi connectivity index (χ1n) is 6.90. The Morgan fingerprint density at radius 3 is 2.39 bits per heavy atom. The Hall–Kier alpha value is -0.900. The molecule has 18 heavy (non-hydrogen) atoms. The molecule has 3 nitrogen and oxygen atoms in total. The smallest absolute Gasteiger partial charge is 0.101 e. The van der Waals surface area contributed by atoms with Crippen molar-refractivity contribution in [3.05, 3.63) is 35.4 Å². The van der Waals surface area contributed by atoms with E-state index in [1.165, 1.54) is 37.7 Å². The van der Waals surface area contributed by atoms with E-state index < -0.39 is 5.60 Å². The van der Waals surface area contributed by atoms with Gasteiger partial charge < -0.3 is 5.11 Å². The van der Waals surface area contributed by atoms with Crippen LogP contribution in [0.5, 0.6) is 0 Å². The summed E-state index contributed by atoms with van der Waals surface area (Å²) in [5.74, 6) is 6.00. The fraction of sp³-hybridized carbons (Fsp3) is 0.600. The molecule has 1 aliphatic rings. The van der Waals surface area contributed by atoms with Crippen LogP contribution in [0.25, 0.3) is 0 Å². The predicted molar refractivity (Wildman–Crippen MR) is 74.0 cm³/mol. The highest BCUT2D eigenvalue weighted by molar-refractivity contribution is 5.29. The lowest BCUT2D eigenvalue weighted by molar-refractivity contribution is 0.0572. The van der Waals surface area contributed by atoms with E-state index in [1.807, 2.05) is 12.1 Å². The second-order valence-electron chi connectivity index (χ2n) is 5.61. The second-order valence-corrected chi connectivity index (χ2v) is 5.61. The lowest BCUT2D eigenvalue weighted by atomic mass is 9.83. The summed E-state index contributed by atoms with van der Waals surface area (Å²) in [5, 5.41) is 10.2. The monoisotopic (exact) mass is 248 g/mol. The number of rotatable bonds is 4. The van der Waals surface area contributed by atoms with Gasteiger partial charge in [0, 0.05) is 6.54 Å². The molecule has 1 aromatic carbocycles. The van der Waals surface area contributed by atoms with Crippen LogP contribution >= 0.6 is 0 Å². The fourth-order valence-electron chi connectivity index (χ4n) is 2.85. The van der Waals surface area contributed by atoms with Gasteiger partial charge in [0.15, 0.2) is 0 Å². The molecular weight excluding hydrogens is 224 g/mol. The van der Waals surface area contributed by atoms with Gasteiger partial charge in [-0.25, -0.2) is 0 Å². The second kappa shape index (κ2) is 5.83. The lowest BCUT2D eigenvalue weighted by Gasteiger charge is -2.25. The summed E-state index contributed by atoms with van der Waals surface area (Å²) >= 11 is 0. The summed E-state index contributed by atoms with van der Waals surface area (Å²) in [5.41, 5.74) is 3.96. The molecule has 0 aromatic heterocycles. The third-order valence-electron chi connectivity index (χ3n) is 4.06. The van der Waals surface area contributed by atoms with Crippen LogP contribution in [-0.4, -0.2) is 11.7 Å². The van der Waals surface area contributed by atoms with Crippen LogP contribution in [0.2, 0.25) is 0 Å². The van der Waals surface area contributed by atoms with E-state index in [1.54, 1.807) is 6.92 Å². The first-order valence-corrected chi connectivity index (χ1v) is 6.90. The molecule has 0 aliphatic heterocycles. The third kappa shape index (κ3) is 3.10. The first kappa shape index (κ1) is 13.5. The highest BCUT2D eigenvalue weighted by atomic mass is 16.3. The van der Waals surface area contributed by atoms with Gasteiger partial charge in [0.25, 0.3) is 0 Å². The van der Waals surface area contributed by atoms with Crippen molar-refractivity contribution in [2.45, 2.75) is 50.5 Å². The summed E-state index contributed by atoms with van der Waals surface area (Å²) in [6.07, 6.45) is 6.69. The molecule has 0 saturated heterocycles. The summed E-state index contributed by atoms with van der Waals surface area (Å²) in [7, 11) is 0. The van der Waals surface area contributed by atoms with Gasteiger partial charge in [-0.15, -0.1) is 0 Å². The average molecular weight is 248 g/mol. The summed E-state index contributed by atoms with van der Waals surface area (Å²) in [6.45, 7) is 2.14. The number of aliphatic hydroxyl groups is 1. The molecular formula is C15H24N2O. The maximum absolute atomic E-state index is 10.2. The molecule has 0 amide bonds. The maximum Gasteiger partial charge on any atom is 0.101 e. The van der Waals surface area contributed by atoms with Crippen molar-refractivity contribution < 1.29 is 5.11 Å². The van der Waals surface area contributed by atoms with Crippen LogP contribution in [0.4, 0.5) is 0 Å². The minimum Gasteiger partial charge on any atom is -0.384 e. The Morgan fingerprint density at radius 1 is 1.22 bits per heavy atom. The number of benzene rings is 1. The molecule has 1 aliphatic carbocycles. The lowest BCUT2D eigenvalue weighted by Crippen LogP contribution is -2.38. The van der Waals surface area contributed by atoms with E-state index >= 15 is 0 Å². The van der Waals surface area contributed by atoms with Crippen molar-refractivity contribution in [3.63, 3.8) is 0 Å². The standard InChI is InChI=1S/C15H24N2O/c1-15(18,11-17-16)14-9-7-13(8-10-14)12-5-3-2-4-6-12/h7-10,12,17-18H,2-6,11,16H2,1H3. The molecule has 3 heteroatoms. The van der Waals surface area contributed by atoms with Crippen molar-refractivity contribution in [2.24, 2.45) is 5.84 Å². The summed E-state index contributed by atoms with van der Waals surface area (Å²) < 4.78 is 0. The van der Waals surface area contributed by atoms with Gasteiger partial charge in [-0.2, -0.15) is 0 Å². The van der Waals surface area contributed by atoms with Gasteiger partial charge in [-0.1, -0.05) is 43.5 Å². The van der Waals surface area contributed by atoms with Gasteiger partial charge >= 0.3 is 0 Å². The quantitative estimate of drug-likeness (QED) is 0.566. The summed E-state index contributed by atoms with van der Waals surface area (Å²) in [6, 6.07) is 8.38. The normalized spacial score (nSPS) is 20.6. The Labute approximate surface area is 109 Å². The van der Waals surface area contributed by atoms with Crippen LogP contribution in [0.3, 0.4) is 0 Å². The number of hydrazine groups is 1. The van der Waals surface area contributed by atoms with E-state index in [9.17, 15) is 5.11 Å². The molecule has 0 radical (unpaired) electrons. The number of nitrogens with one attached hydrogen (secondary N) is 1. The molecule has 1 atom stereocenters. The number of hydrogen-bond acceptors (Lipinski definition) is 3. The molecule has 0 spiro atoms. The van der Waals surface area contributed by atoms with Gasteiger partial charge in [-0.05, 0) is 36.8 Å².